The molecule has 0 unspecified atom stereocenters. The molecular weight excluding hydrogens is 158 g/mol. The molecule has 4 heteroatoms. The van der Waals surface area contributed by atoms with Gasteiger partial charge in [0.2, 0.25) is 0 Å². The number of hydrogen-bond donors (Lipinski definition) is 2. The Morgan fingerprint density at radius 3 is 2.50 bits per heavy atom. The molecule has 2 N–H and O–H groups in total. The molecule has 12 heavy (non-hydrogen) atoms. The zero-order valence-corrected chi connectivity index (χ0v) is 7.89. The van der Waals surface area contributed by atoms with Crippen LogP contribution in [0.4, 0.5) is 0 Å². The minimum absolute atomic E-state index is 0.181. The lowest BCUT2D eigenvalue weighted by Crippen LogP contribution is -2.29. The Morgan fingerprint density at radius 1 is 1.50 bits per heavy atom. The number of hydrogen-bond acceptors (Lipinski definition) is 3. The van der Waals surface area contributed by atoms with Crippen molar-refractivity contribution < 1.29 is 14.7 Å². The summed E-state index contributed by atoms with van der Waals surface area (Å²) in [5.41, 5.74) is 2.50. The quantitative estimate of drug-likeness (QED) is 0.486. The molecule has 0 aliphatic heterocycles. The van der Waals surface area contributed by atoms with E-state index in [9.17, 15) is 4.79 Å². The van der Waals surface area contributed by atoms with Gasteiger partial charge in [-0.05, 0) is 27.2 Å². The topological polar surface area (TPSA) is 58.6 Å². The van der Waals surface area contributed by atoms with Crippen LogP contribution in [-0.4, -0.2) is 23.2 Å². The van der Waals surface area contributed by atoms with Crippen molar-refractivity contribution in [2.45, 2.75) is 39.2 Å². The predicted molar refractivity (Wildman–Crippen MR) is 45.7 cm³/mol. The summed E-state index contributed by atoms with van der Waals surface area (Å²) in [5, 5.41) is 8.30. The largest absolute Gasteiger partial charge is 0.481 e. The molecule has 0 aromatic rings. The van der Waals surface area contributed by atoms with Crippen molar-refractivity contribution in [3.63, 3.8) is 0 Å². The molecule has 0 aromatic carbocycles. The second-order valence-corrected chi connectivity index (χ2v) is 3.61. The number of rotatable bonds is 5. The van der Waals surface area contributed by atoms with Gasteiger partial charge in [0, 0.05) is 13.0 Å². The highest BCUT2D eigenvalue weighted by molar-refractivity contribution is 5.66. The van der Waals surface area contributed by atoms with E-state index >= 15 is 0 Å². The third-order valence-corrected chi connectivity index (χ3v) is 1.05. The lowest BCUT2D eigenvalue weighted by molar-refractivity contribution is -0.137. The van der Waals surface area contributed by atoms with E-state index in [4.69, 9.17) is 9.94 Å². The molecule has 72 valence electrons. The molecule has 0 saturated carbocycles. The lowest BCUT2D eigenvalue weighted by atomic mass is 10.2. The van der Waals surface area contributed by atoms with Gasteiger partial charge in [-0.3, -0.25) is 9.63 Å². The first-order valence-corrected chi connectivity index (χ1v) is 4.04. The molecule has 0 atom stereocenters. The van der Waals surface area contributed by atoms with E-state index in [2.05, 4.69) is 5.48 Å². The number of hydroxylamine groups is 1. The number of carbonyl (C=O) groups is 1. The molecule has 0 bridgehead atoms. The molecule has 4 nitrogen and oxygen atoms in total. The van der Waals surface area contributed by atoms with Crippen LogP contribution in [0.2, 0.25) is 0 Å². The smallest absolute Gasteiger partial charge is 0.303 e. The average Bonchev–Trinajstić information content (AvgIpc) is 1.83. The number of aliphatic carboxylic acids is 1. The van der Waals surface area contributed by atoms with Gasteiger partial charge in [0.1, 0.15) is 0 Å². The van der Waals surface area contributed by atoms with E-state index in [0.29, 0.717) is 13.0 Å². The second-order valence-electron chi connectivity index (χ2n) is 3.61. The molecule has 0 aliphatic carbocycles. The van der Waals surface area contributed by atoms with Gasteiger partial charge in [-0.2, -0.15) is 0 Å². The Bertz CT molecular complexity index is 140. The third kappa shape index (κ3) is 9.39. The van der Waals surface area contributed by atoms with E-state index in [0.717, 1.165) is 0 Å². The zero-order chi connectivity index (χ0) is 9.61. The number of carboxylic acid groups (broad SMARTS) is 1. The highest BCUT2D eigenvalue weighted by Crippen LogP contribution is 2.03. The molecule has 0 saturated heterocycles. The first-order valence-electron chi connectivity index (χ1n) is 4.04. The highest BCUT2D eigenvalue weighted by atomic mass is 16.7. The summed E-state index contributed by atoms with van der Waals surface area (Å²) in [5.74, 6) is -0.771. The molecule has 0 spiro atoms. The van der Waals surface area contributed by atoms with Gasteiger partial charge in [0.05, 0.1) is 5.60 Å². The summed E-state index contributed by atoms with van der Waals surface area (Å²) in [6.07, 6.45) is 0.770. The Morgan fingerprint density at radius 2 is 2.08 bits per heavy atom. The van der Waals surface area contributed by atoms with Gasteiger partial charge in [-0.25, -0.2) is 5.48 Å². The molecule has 0 aliphatic rings. The highest BCUT2D eigenvalue weighted by Gasteiger charge is 2.09. The summed E-state index contributed by atoms with van der Waals surface area (Å²) >= 11 is 0. The first kappa shape index (κ1) is 11.4. The third-order valence-electron chi connectivity index (χ3n) is 1.05. The zero-order valence-electron chi connectivity index (χ0n) is 7.89. The van der Waals surface area contributed by atoms with Crippen molar-refractivity contribution in [3.05, 3.63) is 0 Å². The fourth-order valence-corrected chi connectivity index (χ4v) is 0.579. The van der Waals surface area contributed by atoms with Gasteiger partial charge in [-0.1, -0.05) is 0 Å². The van der Waals surface area contributed by atoms with Crippen LogP contribution in [0, 0.1) is 0 Å². The van der Waals surface area contributed by atoms with E-state index in [1.807, 2.05) is 20.8 Å². The molecule has 0 heterocycles. The Hall–Kier alpha value is -0.610. The summed E-state index contributed by atoms with van der Waals surface area (Å²) in [6, 6.07) is 0. The Kier molecular flexibility index (Phi) is 4.85. The van der Waals surface area contributed by atoms with Crippen molar-refractivity contribution in [1.82, 2.24) is 5.48 Å². The molecule has 0 fully saturated rings. The van der Waals surface area contributed by atoms with Crippen molar-refractivity contribution in [1.29, 1.82) is 0 Å². The van der Waals surface area contributed by atoms with Gasteiger partial charge >= 0.3 is 5.97 Å². The maximum absolute atomic E-state index is 10.1. The van der Waals surface area contributed by atoms with Gasteiger partial charge < -0.3 is 5.11 Å². The fraction of sp³-hybridized carbons (Fsp3) is 0.875. The molecule has 0 aromatic heterocycles. The van der Waals surface area contributed by atoms with E-state index in [1.54, 1.807) is 0 Å². The van der Waals surface area contributed by atoms with Crippen molar-refractivity contribution in [2.75, 3.05) is 6.54 Å². The second kappa shape index (κ2) is 5.11. The predicted octanol–water partition coefficient (Wildman–Crippen LogP) is 1.17. The van der Waals surface area contributed by atoms with E-state index < -0.39 is 5.97 Å². The lowest BCUT2D eigenvalue weighted by Gasteiger charge is -2.18. The molecule has 0 radical (unpaired) electrons. The van der Waals surface area contributed by atoms with Crippen LogP contribution < -0.4 is 5.48 Å². The van der Waals surface area contributed by atoms with Crippen LogP contribution >= 0.6 is 0 Å². The monoisotopic (exact) mass is 175 g/mol. The van der Waals surface area contributed by atoms with E-state index in [-0.39, 0.29) is 12.0 Å². The first-order chi connectivity index (χ1) is 5.42. The van der Waals surface area contributed by atoms with Crippen LogP contribution in [0.15, 0.2) is 0 Å². The van der Waals surface area contributed by atoms with Gasteiger partial charge in [-0.15, -0.1) is 0 Å². The molecule has 0 rings (SSSR count). The maximum Gasteiger partial charge on any atom is 0.303 e. The van der Waals surface area contributed by atoms with Crippen LogP contribution in [0.5, 0.6) is 0 Å². The minimum atomic E-state index is -0.771. The van der Waals surface area contributed by atoms with Gasteiger partial charge in [0.15, 0.2) is 0 Å². The van der Waals surface area contributed by atoms with Crippen molar-refractivity contribution in [2.24, 2.45) is 0 Å². The molecular formula is C8H17NO3. The number of carboxylic acids is 1. The Balaban J connectivity index is 3.17. The normalized spacial score (nSPS) is 11.6. The Labute approximate surface area is 72.9 Å². The molecule has 0 amide bonds. The fourth-order valence-electron chi connectivity index (χ4n) is 0.579. The van der Waals surface area contributed by atoms with Crippen LogP contribution in [0.3, 0.4) is 0 Å². The summed E-state index contributed by atoms with van der Waals surface area (Å²) in [4.78, 5) is 15.3. The minimum Gasteiger partial charge on any atom is -0.481 e. The van der Waals surface area contributed by atoms with Crippen LogP contribution in [0.1, 0.15) is 33.6 Å². The maximum atomic E-state index is 10.1. The number of nitrogens with one attached hydrogen (secondary N) is 1. The average molecular weight is 175 g/mol. The van der Waals surface area contributed by atoms with Crippen molar-refractivity contribution in [3.8, 4) is 0 Å². The summed E-state index contributed by atoms with van der Waals surface area (Å²) in [7, 11) is 0. The van der Waals surface area contributed by atoms with Gasteiger partial charge in [0.25, 0.3) is 0 Å². The van der Waals surface area contributed by atoms with E-state index in [1.165, 1.54) is 0 Å². The van der Waals surface area contributed by atoms with Crippen LogP contribution in [0.25, 0.3) is 0 Å². The summed E-state index contributed by atoms with van der Waals surface area (Å²) < 4.78 is 0. The summed E-state index contributed by atoms with van der Waals surface area (Å²) in [6.45, 7) is 6.36. The SMILES string of the molecule is CC(C)(C)ONCCCC(=O)O. The van der Waals surface area contributed by atoms with Crippen LogP contribution in [-0.2, 0) is 9.63 Å². The standard InChI is InChI=1S/C8H17NO3/c1-8(2,3)12-9-6-4-5-7(10)11/h9H,4-6H2,1-3H3,(H,10,11). The van der Waals surface area contributed by atoms with Crippen molar-refractivity contribution >= 4 is 5.97 Å².